The van der Waals surface area contributed by atoms with Crippen LogP contribution in [0.15, 0.2) is 0 Å². The highest BCUT2D eigenvalue weighted by Gasteiger charge is 2.57. The van der Waals surface area contributed by atoms with E-state index in [0.29, 0.717) is 23.9 Å². The van der Waals surface area contributed by atoms with Gasteiger partial charge in [0.05, 0.1) is 0 Å². The minimum Gasteiger partial charge on any atom is -0.308 e. The molecule has 16 heavy (non-hydrogen) atoms. The number of nitrogens with one attached hydrogen (secondary N) is 1. The lowest BCUT2D eigenvalue weighted by molar-refractivity contribution is 0.150. The molecule has 0 aromatic carbocycles. The van der Waals surface area contributed by atoms with Gasteiger partial charge in [-0.25, -0.2) is 4.39 Å². The second-order valence-corrected chi connectivity index (χ2v) is 6.78. The number of fused-ring (bicyclic) bond motifs is 1. The Morgan fingerprint density at radius 1 is 1.12 bits per heavy atom. The molecule has 0 bridgehead atoms. The van der Waals surface area contributed by atoms with Crippen molar-refractivity contribution in [1.82, 2.24) is 10.2 Å². The molecule has 1 N–H and O–H groups in total. The first-order chi connectivity index (χ1) is 7.29. The number of halogens is 1. The summed E-state index contributed by atoms with van der Waals surface area (Å²) in [6.07, 6.45) is 1.51. The first-order valence-electron chi connectivity index (χ1n) is 6.38. The zero-order chi connectivity index (χ0) is 12.1. The van der Waals surface area contributed by atoms with Gasteiger partial charge in [-0.15, -0.1) is 0 Å². The molecule has 94 valence electrons. The molecule has 0 heterocycles. The molecule has 0 amide bonds. The normalized spacial score (nSPS) is 43.3. The molecule has 2 rings (SSSR count). The fourth-order valence-electron chi connectivity index (χ4n) is 3.18. The van der Waals surface area contributed by atoms with E-state index in [-0.39, 0.29) is 5.54 Å². The molecule has 0 aromatic heterocycles. The van der Waals surface area contributed by atoms with E-state index in [1.54, 1.807) is 0 Å². The van der Waals surface area contributed by atoms with Crippen LogP contribution in [0.2, 0.25) is 0 Å². The molecule has 0 saturated heterocycles. The van der Waals surface area contributed by atoms with Gasteiger partial charge in [-0.1, -0.05) is 0 Å². The Morgan fingerprint density at radius 3 is 2.19 bits per heavy atom. The van der Waals surface area contributed by atoms with E-state index in [2.05, 4.69) is 45.1 Å². The molecule has 2 nitrogen and oxygen atoms in total. The van der Waals surface area contributed by atoms with Gasteiger partial charge in [-0.3, -0.25) is 0 Å². The van der Waals surface area contributed by atoms with E-state index in [1.165, 1.54) is 0 Å². The topological polar surface area (TPSA) is 15.3 Å². The highest BCUT2D eigenvalue weighted by molar-refractivity contribution is 5.08. The first-order valence-corrected chi connectivity index (χ1v) is 6.38. The maximum atomic E-state index is 13.5. The van der Waals surface area contributed by atoms with Crippen LogP contribution in [-0.4, -0.2) is 42.8 Å². The number of alkyl halides is 1. The molecule has 2 saturated carbocycles. The zero-order valence-corrected chi connectivity index (χ0v) is 11.1. The summed E-state index contributed by atoms with van der Waals surface area (Å²) in [5.74, 6) is 0.696. The molecule has 0 aromatic rings. The third-order valence-electron chi connectivity index (χ3n) is 4.01. The molecule has 3 heteroatoms. The average Bonchev–Trinajstić information content (AvgIpc) is 2.72. The quantitative estimate of drug-likeness (QED) is 0.778. The molecule has 2 aliphatic carbocycles. The van der Waals surface area contributed by atoms with Crippen LogP contribution in [0.5, 0.6) is 0 Å². The van der Waals surface area contributed by atoms with Crippen LogP contribution >= 0.6 is 0 Å². The van der Waals surface area contributed by atoms with Crippen LogP contribution in [-0.2, 0) is 0 Å². The van der Waals surface area contributed by atoms with Gasteiger partial charge in [0.1, 0.15) is 6.17 Å². The summed E-state index contributed by atoms with van der Waals surface area (Å²) in [6, 6.07) is 0.929. The molecule has 2 fully saturated rings. The van der Waals surface area contributed by atoms with Crippen LogP contribution < -0.4 is 5.32 Å². The molecular weight excluding hydrogens is 203 g/mol. The zero-order valence-electron chi connectivity index (χ0n) is 11.1. The van der Waals surface area contributed by atoms with Crippen LogP contribution in [0.1, 0.15) is 33.6 Å². The van der Waals surface area contributed by atoms with E-state index in [9.17, 15) is 4.39 Å². The van der Waals surface area contributed by atoms with Crippen molar-refractivity contribution in [2.45, 2.75) is 57.4 Å². The van der Waals surface area contributed by atoms with Gasteiger partial charge in [0.2, 0.25) is 0 Å². The fourth-order valence-corrected chi connectivity index (χ4v) is 3.18. The van der Waals surface area contributed by atoms with E-state index in [0.717, 1.165) is 12.8 Å². The van der Waals surface area contributed by atoms with Crippen molar-refractivity contribution >= 4 is 0 Å². The van der Waals surface area contributed by atoms with Gasteiger partial charge in [-0.05, 0) is 59.5 Å². The summed E-state index contributed by atoms with van der Waals surface area (Å²) in [5.41, 5.74) is 0.118. The van der Waals surface area contributed by atoms with Gasteiger partial charge >= 0.3 is 0 Å². The Kier molecular flexibility index (Phi) is 3.04. The van der Waals surface area contributed by atoms with Crippen molar-refractivity contribution in [2.24, 2.45) is 11.8 Å². The van der Waals surface area contributed by atoms with Gasteiger partial charge in [0.25, 0.3) is 0 Å². The second kappa shape index (κ2) is 3.95. The van der Waals surface area contributed by atoms with E-state index in [1.807, 2.05) is 0 Å². The largest absolute Gasteiger partial charge is 0.308 e. The van der Waals surface area contributed by atoms with Crippen LogP contribution in [0.25, 0.3) is 0 Å². The van der Waals surface area contributed by atoms with E-state index >= 15 is 0 Å². The van der Waals surface area contributed by atoms with E-state index in [4.69, 9.17) is 0 Å². The fraction of sp³-hybridized carbons (Fsp3) is 1.00. The number of rotatable bonds is 2. The average molecular weight is 228 g/mol. The molecular formula is C13H25FN2. The van der Waals surface area contributed by atoms with Gasteiger partial charge < -0.3 is 10.2 Å². The minimum atomic E-state index is -0.519. The van der Waals surface area contributed by atoms with Gasteiger partial charge in [0, 0.05) is 17.6 Å². The Labute approximate surface area is 98.6 Å². The smallest absolute Gasteiger partial charge is 0.107 e. The Morgan fingerprint density at radius 2 is 1.69 bits per heavy atom. The van der Waals surface area contributed by atoms with Crippen LogP contribution in [0.4, 0.5) is 4.39 Å². The van der Waals surface area contributed by atoms with Crippen molar-refractivity contribution < 1.29 is 4.39 Å². The van der Waals surface area contributed by atoms with Crippen LogP contribution in [0.3, 0.4) is 0 Å². The highest BCUT2D eigenvalue weighted by atomic mass is 19.1. The Hall–Kier alpha value is -0.150. The molecule has 5 atom stereocenters. The monoisotopic (exact) mass is 228 g/mol. The lowest BCUT2D eigenvalue weighted by Gasteiger charge is -2.40. The number of hydrogen-bond donors (Lipinski definition) is 1. The van der Waals surface area contributed by atoms with Crippen molar-refractivity contribution in [3.8, 4) is 0 Å². The third-order valence-corrected chi connectivity index (χ3v) is 4.01. The van der Waals surface area contributed by atoms with Crippen LogP contribution in [0, 0.1) is 11.8 Å². The van der Waals surface area contributed by atoms with Crippen molar-refractivity contribution in [3.05, 3.63) is 0 Å². The summed E-state index contributed by atoms with van der Waals surface area (Å²) in [4.78, 5) is 2.25. The second-order valence-electron chi connectivity index (χ2n) is 6.78. The standard InChI is InChI=1S/C13H25FN2/c1-13(2,3)15-10-6-8-9(12(8)14)7-11(10)16(4)5/h8-12,15H,6-7H2,1-5H3/t8?,9-,10+,11+,12-/m0/s1. The van der Waals surface area contributed by atoms with Gasteiger partial charge in [-0.2, -0.15) is 0 Å². The highest BCUT2D eigenvalue weighted by Crippen LogP contribution is 2.52. The minimum absolute atomic E-state index is 0.118. The third kappa shape index (κ3) is 2.40. The molecule has 0 radical (unpaired) electrons. The number of likely N-dealkylation sites (N-methyl/N-ethyl adjacent to an activating group) is 1. The summed E-state index contributed by atoms with van der Waals surface area (Å²) in [6.45, 7) is 6.56. The lowest BCUT2D eigenvalue weighted by Crippen LogP contribution is -2.55. The molecule has 0 aliphatic heterocycles. The van der Waals surface area contributed by atoms with Crippen molar-refractivity contribution in [1.29, 1.82) is 0 Å². The van der Waals surface area contributed by atoms with Gasteiger partial charge in [0.15, 0.2) is 0 Å². The number of nitrogens with zero attached hydrogens (tertiary/aromatic N) is 1. The van der Waals surface area contributed by atoms with Crippen molar-refractivity contribution in [2.75, 3.05) is 14.1 Å². The predicted molar refractivity (Wildman–Crippen MR) is 65.3 cm³/mol. The van der Waals surface area contributed by atoms with Crippen molar-refractivity contribution in [3.63, 3.8) is 0 Å². The summed E-state index contributed by atoms with van der Waals surface area (Å²) < 4.78 is 13.5. The summed E-state index contributed by atoms with van der Waals surface area (Å²) in [7, 11) is 4.22. The molecule has 0 spiro atoms. The van der Waals surface area contributed by atoms with E-state index < -0.39 is 6.17 Å². The number of hydrogen-bond acceptors (Lipinski definition) is 2. The summed E-state index contributed by atoms with van der Waals surface area (Å²) >= 11 is 0. The molecule has 2 aliphatic rings. The maximum absolute atomic E-state index is 13.5. The SMILES string of the molecule is CN(C)[C@@H]1C[C@H]2C(C[C@H]1NC(C)(C)C)[C@@H]2F. The Bertz CT molecular complexity index is 259. The molecule has 1 unspecified atom stereocenters. The lowest BCUT2D eigenvalue weighted by atomic mass is 9.88. The maximum Gasteiger partial charge on any atom is 0.107 e. The first kappa shape index (κ1) is 12.3. The Balaban J connectivity index is 2.02. The predicted octanol–water partition coefficient (Wildman–Crippen LogP) is 2.05. The summed E-state index contributed by atoms with van der Waals surface area (Å²) in [5, 5.41) is 3.66.